The smallest absolute Gasteiger partial charge is 0.197 e. The molecule has 0 bridgehead atoms. The molecular weight excluding hydrogens is 256 g/mol. The van der Waals surface area contributed by atoms with Gasteiger partial charge in [-0.3, -0.25) is 4.79 Å². The molecule has 0 aliphatic carbocycles. The second-order valence-corrected chi connectivity index (χ2v) is 4.44. The molecule has 4 nitrogen and oxygen atoms in total. The van der Waals surface area contributed by atoms with E-state index in [-0.39, 0.29) is 22.8 Å². The van der Waals surface area contributed by atoms with Gasteiger partial charge in [-0.05, 0) is 18.1 Å². The molecular formula is C16H16O4. The minimum Gasteiger partial charge on any atom is -0.508 e. The van der Waals surface area contributed by atoms with Gasteiger partial charge in [0.15, 0.2) is 5.78 Å². The van der Waals surface area contributed by atoms with Crippen LogP contribution in [0.25, 0.3) is 0 Å². The van der Waals surface area contributed by atoms with Crippen molar-refractivity contribution in [1.82, 2.24) is 0 Å². The molecule has 0 atom stereocenters. The van der Waals surface area contributed by atoms with Crippen molar-refractivity contribution in [2.24, 2.45) is 0 Å². The number of methoxy groups -OCH3 is 1. The average Bonchev–Trinajstić information content (AvgIpc) is 2.45. The molecule has 2 aromatic carbocycles. The van der Waals surface area contributed by atoms with Crippen molar-refractivity contribution in [3.05, 3.63) is 59.2 Å². The van der Waals surface area contributed by atoms with E-state index in [9.17, 15) is 15.0 Å². The first-order chi connectivity index (χ1) is 9.63. The van der Waals surface area contributed by atoms with Gasteiger partial charge < -0.3 is 14.9 Å². The van der Waals surface area contributed by atoms with E-state index >= 15 is 0 Å². The molecule has 0 aliphatic heterocycles. The van der Waals surface area contributed by atoms with Crippen LogP contribution in [-0.4, -0.2) is 29.7 Å². The average molecular weight is 272 g/mol. The zero-order valence-corrected chi connectivity index (χ0v) is 11.2. The summed E-state index contributed by atoms with van der Waals surface area (Å²) in [4.78, 5) is 12.5. The van der Waals surface area contributed by atoms with E-state index in [4.69, 9.17) is 4.74 Å². The van der Waals surface area contributed by atoms with Crippen molar-refractivity contribution in [2.75, 3.05) is 13.7 Å². The van der Waals surface area contributed by atoms with Crippen molar-refractivity contribution < 1.29 is 19.7 Å². The van der Waals surface area contributed by atoms with E-state index in [1.165, 1.54) is 12.1 Å². The topological polar surface area (TPSA) is 66.8 Å². The Morgan fingerprint density at radius 2 is 1.85 bits per heavy atom. The SMILES string of the molecule is COCCc1cc(O)cc(O)c1C(=O)c1ccccc1. The summed E-state index contributed by atoms with van der Waals surface area (Å²) in [6.07, 6.45) is 0.437. The summed E-state index contributed by atoms with van der Waals surface area (Å²) < 4.78 is 4.99. The molecule has 0 saturated heterocycles. The highest BCUT2D eigenvalue weighted by Crippen LogP contribution is 2.29. The van der Waals surface area contributed by atoms with E-state index in [0.717, 1.165) is 0 Å². The lowest BCUT2D eigenvalue weighted by Crippen LogP contribution is -2.08. The van der Waals surface area contributed by atoms with Gasteiger partial charge in [-0.15, -0.1) is 0 Å². The van der Waals surface area contributed by atoms with E-state index in [1.807, 2.05) is 6.07 Å². The van der Waals surface area contributed by atoms with Gasteiger partial charge in [-0.1, -0.05) is 30.3 Å². The van der Waals surface area contributed by atoms with Gasteiger partial charge in [-0.2, -0.15) is 0 Å². The number of ether oxygens (including phenoxy) is 1. The lowest BCUT2D eigenvalue weighted by atomic mass is 9.95. The monoisotopic (exact) mass is 272 g/mol. The van der Waals surface area contributed by atoms with E-state index in [0.29, 0.717) is 24.2 Å². The number of benzene rings is 2. The number of aromatic hydroxyl groups is 2. The molecule has 2 rings (SSSR count). The number of carbonyl (C=O) groups is 1. The Bertz CT molecular complexity index is 605. The number of phenols is 2. The number of hydrogen-bond acceptors (Lipinski definition) is 4. The predicted molar refractivity (Wildman–Crippen MR) is 75.2 cm³/mol. The van der Waals surface area contributed by atoms with Gasteiger partial charge in [0.25, 0.3) is 0 Å². The third kappa shape index (κ3) is 2.97. The van der Waals surface area contributed by atoms with Crippen molar-refractivity contribution in [1.29, 1.82) is 0 Å². The highest BCUT2D eigenvalue weighted by Gasteiger charge is 2.19. The molecule has 0 radical (unpaired) electrons. The quantitative estimate of drug-likeness (QED) is 0.821. The number of ketones is 1. The van der Waals surface area contributed by atoms with Crippen molar-refractivity contribution in [2.45, 2.75) is 6.42 Å². The minimum absolute atomic E-state index is 0.0711. The maximum Gasteiger partial charge on any atom is 0.197 e. The van der Waals surface area contributed by atoms with Crippen molar-refractivity contribution >= 4 is 5.78 Å². The third-order valence-electron chi connectivity index (χ3n) is 3.02. The first-order valence-corrected chi connectivity index (χ1v) is 6.27. The summed E-state index contributed by atoms with van der Waals surface area (Å²) in [6, 6.07) is 11.4. The van der Waals surface area contributed by atoms with Gasteiger partial charge in [0, 0.05) is 18.7 Å². The van der Waals surface area contributed by atoms with E-state index in [1.54, 1.807) is 31.4 Å². The van der Waals surface area contributed by atoms with Gasteiger partial charge in [0.05, 0.1) is 12.2 Å². The van der Waals surface area contributed by atoms with Crippen LogP contribution in [0.2, 0.25) is 0 Å². The number of carbonyl (C=O) groups excluding carboxylic acids is 1. The fourth-order valence-electron chi connectivity index (χ4n) is 2.07. The summed E-state index contributed by atoms with van der Waals surface area (Å²) in [6.45, 7) is 0.401. The first-order valence-electron chi connectivity index (χ1n) is 6.27. The Balaban J connectivity index is 2.46. The lowest BCUT2D eigenvalue weighted by Gasteiger charge is -2.11. The third-order valence-corrected chi connectivity index (χ3v) is 3.02. The molecule has 0 unspecified atom stereocenters. The van der Waals surface area contributed by atoms with Crippen LogP contribution in [0.5, 0.6) is 11.5 Å². The van der Waals surface area contributed by atoms with Crippen LogP contribution in [-0.2, 0) is 11.2 Å². The van der Waals surface area contributed by atoms with Crippen LogP contribution in [0.4, 0.5) is 0 Å². The van der Waals surface area contributed by atoms with E-state index < -0.39 is 0 Å². The second kappa shape index (κ2) is 6.21. The molecule has 2 N–H and O–H groups in total. The molecule has 0 aliphatic rings. The highest BCUT2D eigenvalue weighted by molar-refractivity contribution is 6.11. The largest absolute Gasteiger partial charge is 0.508 e. The van der Waals surface area contributed by atoms with Crippen LogP contribution >= 0.6 is 0 Å². The zero-order chi connectivity index (χ0) is 14.5. The molecule has 0 spiro atoms. The zero-order valence-electron chi connectivity index (χ0n) is 11.2. The van der Waals surface area contributed by atoms with Gasteiger partial charge in [-0.25, -0.2) is 0 Å². The lowest BCUT2D eigenvalue weighted by molar-refractivity contribution is 0.103. The predicted octanol–water partition coefficient (Wildman–Crippen LogP) is 2.52. The van der Waals surface area contributed by atoms with Crippen molar-refractivity contribution in [3.63, 3.8) is 0 Å². The molecule has 0 saturated carbocycles. The Labute approximate surface area is 117 Å². The Morgan fingerprint density at radius 3 is 2.50 bits per heavy atom. The molecule has 4 heteroatoms. The van der Waals surface area contributed by atoms with Crippen LogP contribution in [0, 0.1) is 0 Å². The standard InChI is InChI=1S/C16H16O4/c1-20-8-7-12-9-13(17)10-14(18)15(12)16(19)11-5-3-2-4-6-11/h2-6,9-10,17-18H,7-8H2,1H3. The number of phenolic OH excluding ortho intramolecular Hbond substituents is 2. The summed E-state index contributed by atoms with van der Waals surface area (Å²) in [5, 5.41) is 19.5. The second-order valence-electron chi connectivity index (χ2n) is 4.44. The van der Waals surface area contributed by atoms with Crippen LogP contribution < -0.4 is 0 Å². The van der Waals surface area contributed by atoms with Gasteiger partial charge in [0.1, 0.15) is 11.5 Å². The van der Waals surface area contributed by atoms with E-state index in [2.05, 4.69) is 0 Å². The molecule has 0 aromatic heterocycles. The molecule has 0 fully saturated rings. The fourth-order valence-corrected chi connectivity index (χ4v) is 2.07. The molecule has 20 heavy (non-hydrogen) atoms. The van der Waals surface area contributed by atoms with Crippen molar-refractivity contribution in [3.8, 4) is 11.5 Å². The Hall–Kier alpha value is -2.33. The van der Waals surface area contributed by atoms with Crippen LogP contribution in [0.3, 0.4) is 0 Å². The molecule has 0 amide bonds. The molecule has 2 aromatic rings. The summed E-state index contributed by atoms with van der Waals surface area (Å²) in [7, 11) is 1.56. The molecule has 0 heterocycles. The summed E-state index contributed by atoms with van der Waals surface area (Å²) in [5.41, 5.74) is 1.27. The van der Waals surface area contributed by atoms with Crippen LogP contribution in [0.15, 0.2) is 42.5 Å². The van der Waals surface area contributed by atoms with Gasteiger partial charge >= 0.3 is 0 Å². The number of hydrogen-bond donors (Lipinski definition) is 2. The highest BCUT2D eigenvalue weighted by atomic mass is 16.5. The summed E-state index contributed by atoms with van der Waals surface area (Å²) in [5.74, 6) is -0.558. The summed E-state index contributed by atoms with van der Waals surface area (Å²) >= 11 is 0. The first kappa shape index (κ1) is 14.1. The van der Waals surface area contributed by atoms with Crippen LogP contribution in [0.1, 0.15) is 21.5 Å². The minimum atomic E-state index is -0.269. The Morgan fingerprint density at radius 1 is 1.15 bits per heavy atom. The normalized spacial score (nSPS) is 10.4. The maximum absolute atomic E-state index is 12.5. The Kier molecular flexibility index (Phi) is 4.38. The molecule has 104 valence electrons. The van der Waals surface area contributed by atoms with Gasteiger partial charge in [0.2, 0.25) is 0 Å². The maximum atomic E-state index is 12.5. The fraction of sp³-hybridized carbons (Fsp3) is 0.188. The number of rotatable bonds is 5.